The zero-order valence-corrected chi connectivity index (χ0v) is 4.43. The Bertz CT molecular complexity index is 29.6. The Labute approximate surface area is 87.2 Å². The summed E-state index contributed by atoms with van der Waals surface area (Å²) in [6.07, 6.45) is 2.58. The summed E-state index contributed by atoms with van der Waals surface area (Å²) in [6, 6.07) is 0. The molecule has 0 aliphatic rings. The van der Waals surface area contributed by atoms with Gasteiger partial charge in [-0.15, -0.1) is 0 Å². The second-order valence-electron chi connectivity index (χ2n) is 1.51. The van der Waals surface area contributed by atoms with Crippen LogP contribution in [0.25, 0.3) is 0 Å². The van der Waals surface area contributed by atoms with Crippen LogP contribution in [0.4, 0.5) is 0 Å². The second-order valence-corrected chi connectivity index (χ2v) is 1.51. The van der Waals surface area contributed by atoms with E-state index in [1.54, 1.807) is 0 Å². The second kappa shape index (κ2) is 11.2. The topological polar surface area (TPSA) is 40.5 Å². The van der Waals surface area contributed by atoms with E-state index < -0.39 is 0 Å². The van der Waals surface area contributed by atoms with Crippen molar-refractivity contribution in [1.82, 2.24) is 0 Å². The molecule has 0 unspecified atom stereocenters. The van der Waals surface area contributed by atoms with Gasteiger partial charge in [0.2, 0.25) is 0 Å². The molecule has 0 aliphatic heterocycles. The summed E-state index contributed by atoms with van der Waals surface area (Å²) in [5.74, 6) is 0. The Morgan fingerprint density at radius 3 is 1.38 bits per heavy atom. The van der Waals surface area contributed by atoms with Crippen molar-refractivity contribution < 1.29 is 10.2 Å². The van der Waals surface area contributed by atoms with E-state index in [1.165, 1.54) is 0 Å². The molecule has 0 aliphatic carbocycles. The summed E-state index contributed by atoms with van der Waals surface area (Å²) in [6.45, 7) is 0.500. The first-order valence-corrected chi connectivity index (χ1v) is 2.63. The minimum atomic E-state index is 0. The van der Waals surface area contributed by atoms with Crippen LogP contribution < -0.4 is 0 Å². The van der Waals surface area contributed by atoms with Gasteiger partial charge >= 0.3 is 45.5 Å². The van der Waals surface area contributed by atoms with Crippen molar-refractivity contribution in [2.45, 2.75) is 19.3 Å². The number of hydrogen-bond donors (Lipinski definition) is 2. The molecule has 0 radical (unpaired) electrons. The first-order valence-electron chi connectivity index (χ1n) is 2.63. The van der Waals surface area contributed by atoms with Gasteiger partial charge in [-0.25, -0.2) is 0 Å². The van der Waals surface area contributed by atoms with Crippen molar-refractivity contribution >= 4 is 45.5 Å². The fourth-order valence-electron chi connectivity index (χ4n) is 0.400. The molecule has 0 fully saturated rings. The van der Waals surface area contributed by atoms with E-state index in [-0.39, 0.29) is 58.7 Å². The SMILES string of the molecule is OCCCCCO.[SrH2]. The van der Waals surface area contributed by atoms with Crippen molar-refractivity contribution in [3.63, 3.8) is 0 Å². The molecule has 0 atom stereocenters. The predicted octanol–water partition coefficient (Wildman–Crippen LogP) is -0.775. The molecule has 0 rings (SSSR count). The summed E-state index contributed by atoms with van der Waals surface area (Å²) in [5, 5.41) is 16.4. The average Bonchev–Trinajstić information content (AvgIpc) is 1.69. The van der Waals surface area contributed by atoms with Gasteiger partial charge in [0.05, 0.1) is 0 Å². The molecule has 0 aromatic heterocycles. The van der Waals surface area contributed by atoms with Crippen LogP contribution in [-0.2, 0) is 0 Å². The van der Waals surface area contributed by atoms with Crippen LogP contribution in [0.15, 0.2) is 0 Å². The molecule has 0 amide bonds. The minimum absolute atomic E-state index is 0. The van der Waals surface area contributed by atoms with E-state index in [4.69, 9.17) is 10.2 Å². The molecule has 0 heterocycles. The quantitative estimate of drug-likeness (QED) is 0.455. The maximum atomic E-state index is 8.21. The third-order valence-corrected chi connectivity index (χ3v) is 0.816. The molecule has 0 aromatic carbocycles. The summed E-state index contributed by atoms with van der Waals surface area (Å²) in [4.78, 5) is 0. The Hall–Kier alpha value is 1.40. The summed E-state index contributed by atoms with van der Waals surface area (Å²) >= 11 is 0. The fourth-order valence-corrected chi connectivity index (χ4v) is 0.400. The number of hydrogen-bond acceptors (Lipinski definition) is 2. The molecule has 0 aromatic rings. The zero-order valence-electron chi connectivity index (χ0n) is 4.43. The summed E-state index contributed by atoms with van der Waals surface area (Å²) in [5.41, 5.74) is 0. The Morgan fingerprint density at radius 1 is 0.750 bits per heavy atom. The number of aliphatic hydroxyl groups excluding tert-OH is 2. The van der Waals surface area contributed by atoms with E-state index in [9.17, 15) is 0 Å². The molecule has 0 saturated heterocycles. The monoisotopic (exact) mass is 194 g/mol. The predicted molar refractivity (Wildman–Crippen MR) is 36.6 cm³/mol. The van der Waals surface area contributed by atoms with Gasteiger partial charge < -0.3 is 10.2 Å². The molecule has 0 bridgehead atoms. The molecule has 0 spiro atoms. The van der Waals surface area contributed by atoms with Gasteiger partial charge in [0.25, 0.3) is 0 Å². The first kappa shape index (κ1) is 12.1. The van der Waals surface area contributed by atoms with Crippen molar-refractivity contribution in [2.24, 2.45) is 0 Å². The van der Waals surface area contributed by atoms with Crippen LogP contribution in [0.5, 0.6) is 0 Å². The fraction of sp³-hybridized carbons (Fsp3) is 1.00. The van der Waals surface area contributed by atoms with E-state index >= 15 is 0 Å². The molecule has 48 valence electrons. The van der Waals surface area contributed by atoms with Crippen LogP contribution in [0.1, 0.15) is 19.3 Å². The van der Waals surface area contributed by atoms with E-state index in [1.807, 2.05) is 0 Å². The van der Waals surface area contributed by atoms with Crippen molar-refractivity contribution in [1.29, 1.82) is 0 Å². The molecule has 8 heavy (non-hydrogen) atoms. The Morgan fingerprint density at radius 2 is 1.12 bits per heavy atom. The Kier molecular flexibility index (Phi) is 17.0. The average molecular weight is 194 g/mol. The third-order valence-electron chi connectivity index (χ3n) is 0.816. The third kappa shape index (κ3) is 10.4. The van der Waals surface area contributed by atoms with Crippen molar-refractivity contribution in [3.8, 4) is 0 Å². The molecule has 0 saturated carbocycles. The van der Waals surface area contributed by atoms with E-state index in [0.717, 1.165) is 19.3 Å². The first-order chi connectivity index (χ1) is 3.41. The van der Waals surface area contributed by atoms with Gasteiger partial charge in [-0.3, -0.25) is 0 Å². The van der Waals surface area contributed by atoms with Crippen LogP contribution in [0.3, 0.4) is 0 Å². The van der Waals surface area contributed by atoms with Crippen LogP contribution >= 0.6 is 0 Å². The van der Waals surface area contributed by atoms with Gasteiger partial charge in [0.15, 0.2) is 0 Å². The summed E-state index contributed by atoms with van der Waals surface area (Å²) < 4.78 is 0. The van der Waals surface area contributed by atoms with Crippen LogP contribution in [0, 0.1) is 0 Å². The maximum absolute atomic E-state index is 8.21. The number of aliphatic hydroxyl groups is 2. The molecule has 2 nitrogen and oxygen atoms in total. The summed E-state index contributed by atoms with van der Waals surface area (Å²) in [7, 11) is 0. The van der Waals surface area contributed by atoms with E-state index in [2.05, 4.69) is 0 Å². The Balaban J connectivity index is 0. The number of rotatable bonds is 4. The van der Waals surface area contributed by atoms with Crippen LogP contribution in [-0.4, -0.2) is 68.9 Å². The van der Waals surface area contributed by atoms with Gasteiger partial charge in [-0.2, -0.15) is 0 Å². The standard InChI is InChI=1S/C5H12O2.Sr.2H/c6-4-2-1-3-5-7;;;/h6-7H,1-5H2;;;. The van der Waals surface area contributed by atoms with Crippen LogP contribution in [0.2, 0.25) is 0 Å². The normalized spacial score (nSPS) is 8.25. The molecular weight excluding hydrogens is 180 g/mol. The van der Waals surface area contributed by atoms with Gasteiger partial charge in [0, 0.05) is 13.2 Å². The van der Waals surface area contributed by atoms with Crippen molar-refractivity contribution in [3.05, 3.63) is 0 Å². The van der Waals surface area contributed by atoms with Crippen molar-refractivity contribution in [2.75, 3.05) is 13.2 Å². The zero-order chi connectivity index (χ0) is 5.54. The van der Waals surface area contributed by atoms with Gasteiger partial charge in [-0.1, -0.05) is 0 Å². The number of unbranched alkanes of at least 4 members (excludes halogenated alkanes) is 2. The van der Waals surface area contributed by atoms with Gasteiger partial charge in [0.1, 0.15) is 0 Å². The molecule has 2 N–H and O–H groups in total. The molecule has 3 heteroatoms. The van der Waals surface area contributed by atoms with Gasteiger partial charge in [-0.05, 0) is 19.3 Å². The van der Waals surface area contributed by atoms with E-state index in [0.29, 0.717) is 0 Å². The molecular formula is C5H14O2Sr.